The minimum absolute atomic E-state index is 0.122. The van der Waals surface area contributed by atoms with Gasteiger partial charge in [-0.25, -0.2) is 0 Å². The number of hydrogen-bond acceptors (Lipinski definition) is 3. The summed E-state index contributed by atoms with van der Waals surface area (Å²) < 4.78 is 7.35. The van der Waals surface area contributed by atoms with Crippen LogP contribution in [0.1, 0.15) is 29.2 Å². The maximum atomic E-state index is 11.2. The van der Waals surface area contributed by atoms with Crippen molar-refractivity contribution in [1.82, 2.24) is 0 Å². The third-order valence-corrected chi connectivity index (χ3v) is 5.15. The van der Waals surface area contributed by atoms with Crippen molar-refractivity contribution in [3.8, 4) is 5.75 Å². The van der Waals surface area contributed by atoms with Gasteiger partial charge >= 0.3 is 0 Å². The Kier molecular flexibility index (Phi) is 6.85. The number of aromatic nitrogens is 1. The molecule has 0 aliphatic rings. The number of nitrogens with zero attached hydrogens (tertiary/aromatic N) is 1. The van der Waals surface area contributed by atoms with Crippen molar-refractivity contribution in [2.75, 3.05) is 11.9 Å². The summed E-state index contributed by atoms with van der Waals surface area (Å²) in [4.78, 5) is 0.422. The van der Waals surface area contributed by atoms with Gasteiger partial charge in [0, 0.05) is 22.9 Å². The zero-order valence-electron chi connectivity index (χ0n) is 17.8. The standard InChI is InChI=1S/C25H26N2O2S/c1-5-29-22-12-10-21(11-13-22)26-25(30)23(27-14-6-7-17(2)16-27)24(28)20-9-8-18(3)19(4)15-20/h6-16H,5H2,1-4H3,(H-,26,28,30)/p+1. The maximum Gasteiger partial charge on any atom is 0.288 e. The smallest absolute Gasteiger partial charge is 0.288 e. The molecule has 2 aromatic carbocycles. The van der Waals surface area contributed by atoms with E-state index in [2.05, 4.69) is 5.32 Å². The van der Waals surface area contributed by atoms with E-state index in [9.17, 15) is 5.11 Å². The summed E-state index contributed by atoms with van der Waals surface area (Å²) in [5.74, 6) is 0.924. The van der Waals surface area contributed by atoms with Crippen LogP contribution in [0.5, 0.6) is 5.75 Å². The molecule has 4 nitrogen and oxygen atoms in total. The van der Waals surface area contributed by atoms with Crippen LogP contribution in [0.3, 0.4) is 0 Å². The number of pyridine rings is 1. The molecule has 1 aromatic heterocycles. The van der Waals surface area contributed by atoms with E-state index in [0.717, 1.165) is 28.1 Å². The minimum Gasteiger partial charge on any atom is -0.502 e. The second-order valence-corrected chi connectivity index (χ2v) is 7.60. The molecule has 30 heavy (non-hydrogen) atoms. The van der Waals surface area contributed by atoms with Crippen LogP contribution in [0.25, 0.3) is 11.5 Å². The molecule has 0 aliphatic heterocycles. The second-order valence-electron chi connectivity index (χ2n) is 7.20. The number of nitrogens with one attached hydrogen (secondary N) is 1. The highest BCUT2D eigenvalue weighted by Gasteiger charge is 2.24. The van der Waals surface area contributed by atoms with Gasteiger partial charge in [-0.1, -0.05) is 24.4 Å². The van der Waals surface area contributed by atoms with E-state index in [4.69, 9.17) is 17.0 Å². The van der Waals surface area contributed by atoms with E-state index in [-0.39, 0.29) is 5.76 Å². The summed E-state index contributed by atoms with van der Waals surface area (Å²) in [6, 6.07) is 17.4. The molecule has 3 aromatic rings. The predicted molar refractivity (Wildman–Crippen MR) is 127 cm³/mol. The first-order valence-corrected chi connectivity index (χ1v) is 10.3. The number of aliphatic hydroxyl groups excluding tert-OH is 1. The van der Waals surface area contributed by atoms with Gasteiger partial charge in [0.2, 0.25) is 0 Å². The van der Waals surface area contributed by atoms with E-state index >= 15 is 0 Å². The maximum absolute atomic E-state index is 11.2. The summed E-state index contributed by atoms with van der Waals surface area (Å²) in [6.45, 7) is 8.65. The first-order valence-electron chi connectivity index (χ1n) is 9.92. The second kappa shape index (κ2) is 9.55. The Morgan fingerprint density at radius 1 is 1.03 bits per heavy atom. The molecular formula is C25H27N2O2S+. The Balaban J connectivity index is 2.02. The van der Waals surface area contributed by atoms with E-state index in [1.807, 2.05) is 99.3 Å². The van der Waals surface area contributed by atoms with Crippen molar-refractivity contribution in [3.05, 3.63) is 89.2 Å². The lowest BCUT2D eigenvalue weighted by Crippen LogP contribution is -2.38. The Bertz CT molecular complexity index is 1090. The van der Waals surface area contributed by atoms with Crippen molar-refractivity contribution in [3.63, 3.8) is 0 Å². The van der Waals surface area contributed by atoms with Gasteiger partial charge in [-0.05, 0) is 75.2 Å². The lowest BCUT2D eigenvalue weighted by Gasteiger charge is -2.12. The lowest BCUT2D eigenvalue weighted by molar-refractivity contribution is -0.576. The fourth-order valence-electron chi connectivity index (χ4n) is 3.10. The van der Waals surface area contributed by atoms with Gasteiger partial charge in [0.25, 0.3) is 5.70 Å². The predicted octanol–water partition coefficient (Wildman–Crippen LogP) is 5.62. The van der Waals surface area contributed by atoms with E-state index in [0.29, 0.717) is 17.3 Å². The van der Waals surface area contributed by atoms with Crippen LogP contribution in [0, 0.1) is 20.8 Å². The van der Waals surface area contributed by atoms with Gasteiger partial charge in [0.15, 0.2) is 23.1 Å². The van der Waals surface area contributed by atoms with Crippen LogP contribution in [0.4, 0.5) is 5.69 Å². The van der Waals surface area contributed by atoms with E-state index in [1.165, 1.54) is 5.56 Å². The summed E-state index contributed by atoms with van der Waals surface area (Å²) >= 11 is 5.72. The van der Waals surface area contributed by atoms with Gasteiger partial charge in [-0.15, -0.1) is 0 Å². The summed E-state index contributed by atoms with van der Waals surface area (Å²) in [6.07, 6.45) is 3.82. The molecule has 0 unspecified atom stereocenters. The topological polar surface area (TPSA) is 45.4 Å². The van der Waals surface area contributed by atoms with Crippen LogP contribution in [0.2, 0.25) is 0 Å². The van der Waals surface area contributed by atoms with Crippen LogP contribution in [-0.2, 0) is 0 Å². The molecule has 0 aliphatic carbocycles. The molecule has 0 spiro atoms. The molecule has 0 saturated heterocycles. The largest absolute Gasteiger partial charge is 0.502 e. The number of rotatable bonds is 6. The summed E-state index contributed by atoms with van der Waals surface area (Å²) in [7, 11) is 0. The molecule has 0 atom stereocenters. The van der Waals surface area contributed by atoms with Crippen molar-refractivity contribution in [2.24, 2.45) is 0 Å². The zero-order chi connectivity index (χ0) is 21.7. The number of ether oxygens (including phenoxy) is 1. The normalized spacial score (nSPS) is 11.6. The Morgan fingerprint density at radius 2 is 1.77 bits per heavy atom. The average Bonchev–Trinajstić information content (AvgIpc) is 2.72. The van der Waals surface area contributed by atoms with Crippen molar-refractivity contribution < 1.29 is 14.4 Å². The molecule has 0 bridgehead atoms. The third kappa shape index (κ3) is 5.05. The van der Waals surface area contributed by atoms with Gasteiger partial charge in [-0.3, -0.25) is 0 Å². The zero-order valence-corrected chi connectivity index (χ0v) is 18.6. The highest BCUT2D eigenvalue weighted by Crippen LogP contribution is 2.22. The van der Waals surface area contributed by atoms with Gasteiger partial charge in [-0.2, -0.15) is 4.57 Å². The lowest BCUT2D eigenvalue weighted by atomic mass is 10.0. The molecule has 0 fully saturated rings. The van der Waals surface area contributed by atoms with Crippen LogP contribution in [0.15, 0.2) is 67.0 Å². The Morgan fingerprint density at radius 3 is 2.40 bits per heavy atom. The first-order chi connectivity index (χ1) is 14.4. The number of benzene rings is 2. The van der Waals surface area contributed by atoms with Gasteiger partial charge in [0.1, 0.15) is 5.75 Å². The molecule has 2 N–H and O–H groups in total. The Labute approximate surface area is 183 Å². The molecule has 0 radical (unpaired) electrons. The molecule has 5 heteroatoms. The van der Waals surface area contributed by atoms with Gasteiger partial charge < -0.3 is 15.2 Å². The Hall–Kier alpha value is -3.18. The number of thiocarbonyl (C=S) groups is 1. The van der Waals surface area contributed by atoms with Crippen molar-refractivity contribution in [1.29, 1.82) is 0 Å². The monoisotopic (exact) mass is 419 g/mol. The number of hydrogen-bond donors (Lipinski definition) is 2. The quantitative estimate of drug-likeness (QED) is 0.236. The number of aryl methyl sites for hydroxylation is 3. The number of anilines is 1. The van der Waals surface area contributed by atoms with Crippen molar-refractivity contribution in [2.45, 2.75) is 27.7 Å². The van der Waals surface area contributed by atoms with Crippen molar-refractivity contribution >= 4 is 34.3 Å². The summed E-state index contributed by atoms with van der Waals surface area (Å²) in [5, 5.41) is 14.5. The summed E-state index contributed by atoms with van der Waals surface area (Å²) in [5.41, 5.74) is 5.40. The van der Waals surface area contributed by atoms with Crippen LogP contribution < -0.4 is 14.6 Å². The molecule has 154 valence electrons. The fourth-order valence-corrected chi connectivity index (χ4v) is 3.42. The van der Waals surface area contributed by atoms with Crippen LogP contribution >= 0.6 is 12.2 Å². The fraction of sp³-hybridized carbons (Fsp3) is 0.200. The molecule has 0 amide bonds. The van der Waals surface area contributed by atoms with E-state index in [1.54, 1.807) is 0 Å². The van der Waals surface area contributed by atoms with E-state index < -0.39 is 0 Å². The highest BCUT2D eigenvalue weighted by molar-refractivity contribution is 7.81. The molecule has 3 rings (SSSR count). The molecule has 0 saturated carbocycles. The SMILES string of the molecule is CCOc1ccc(NC(=S)C(=C(O)c2ccc(C)c(C)c2)[n+]2cccc(C)c2)cc1. The third-order valence-electron chi connectivity index (χ3n) is 4.85. The first kappa shape index (κ1) is 21.5. The minimum atomic E-state index is 0.122. The molecule has 1 heterocycles. The highest BCUT2D eigenvalue weighted by atomic mass is 32.1. The number of aliphatic hydroxyl groups is 1. The van der Waals surface area contributed by atoms with Gasteiger partial charge in [0.05, 0.1) is 6.61 Å². The average molecular weight is 420 g/mol. The molecular weight excluding hydrogens is 392 g/mol. The van der Waals surface area contributed by atoms with Crippen LogP contribution in [-0.4, -0.2) is 16.7 Å².